The zero-order chi connectivity index (χ0) is 28.7. The molecule has 0 radical (unpaired) electrons. The topological polar surface area (TPSA) is 81.9 Å². The molecule has 41 heavy (non-hydrogen) atoms. The Balaban J connectivity index is 1.19. The van der Waals surface area contributed by atoms with E-state index in [1.165, 1.54) is 6.20 Å². The molecule has 2 saturated heterocycles. The molecule has 9 nitrogen and oxygen atoms in total. The number of rotatable bonds is 5. The van der Waals surface area contributed by atoms with E-state index in [4.69, 9.17) is 0 Å². The van der Waals surface area contributed by atoms with Gasteiger partial charge in [0.25, 0.3) is 5.91 Å². The highest BCUT2D eigenvalue weighted by molar-refractivity contribution is 6.04. The molecule has 6 rings (SSSR count). The Bertz CT molecular complexity index is 1580. The minimum absolute atomic E-state index is 0.00275. The number of nitrogens with zero attached hydrogens (tertiary/aromatic N) is 7. The number of imidazole rings is 1. The van der Waals surface area contributed by atoms with Crippen LogP contribution in [0.15, 0.2) is 55.2 Å². The van der Waals surface area contributed by atoms with Crippen molar-refractivity contribution >= 4 is 28.9 Å². The van der Waals surface area contributed by atoms with Crippen LogP contribution in [0.5, 0.6) is 0 Å². The molecular weight excluding hydrogens is 533 g/mol. The van der Waals surface area contributed by atoms with Crippen LogP contribution in [0.4, 0.5) is 30.5 Å². The third-order valence-corrected chi connectivity index (χ3v) is 8.01. The molecule has 1 unspecified atom stereocenters. The van der Waals surface area contributed by atoms with Crippen LogP contribution in [-0.2, 0) is 6.18 Å². The number of piperazine rings is 1. The van der Waals surface area contributed by atoms with Crippen LogP contribution in [0.25, 0.3) is 5.65 Å². The fourth-order valence-corrected chi connectivity index (χ4v) is 5.61. The molecule has 1 N–H and O–H groups in total. The number of hydrogen-bond donors (Lipinski definition) is 1. The zero-order valence-corrected chi connectivity index (χ0v) is 22.9. The van der Waals surface area contributed by atoms with E-state index in [0.29, 0.717) is 5.56 Å². The molecule has 0 saturated carbocycles. The average molecular weight is 565 g/mol. The lowest BCUT2D eigenvalue weighted by molar-refractivity contribution is -0.137. The van der Waals surface area contributed by atoms with Crippen molar-refractivity contribution in [1.29, 1.82) is 0 Å². The first-order valence-electron chi connectivity index (χ1n) is 13.6. The summed E-state index contributed by atoms with van der Waals surface area (Å²) in [7, 11) is 2.13. The number of alkyl halides is 3. The Kier molecular flexibility index (Phi) is 7.02. The third kappa shape index (κ3) is 5.56. The van der Waals surface area contributed by atoms with Crippen LogP contribution in [-0.4, -0.2) is 76.5 Å². The van der Waals surface area contributed by atoms with Crippen molar-refractivity contribution in [2.24, 2.45) is 0 Å². The highest BCUT2D eigenvalue weighted by atomic mass is 19.4. The van der Waals surface area contributed by atoms with Crippen molar-refractivity contribution in [3.05, 3.63) is 77.5 Å². The second-order valence-electron chi connectivity index (χ2n) is 10.8. The van der Waals surface area contributed by atoms with Gasteiger partial charge in [-0.2, -0.15) is 13.2 Å². The molecule has 3 aromatic heterocycles. The molecule has 1 amide bonds. The number of hydrogen-bond acceptors (Lipinski definition) is 7. The van der Waals surface area contributed by atoms with E-state index in [-0.39, 0.29) is 11.6 Å². The van der Waals surface area contributed by atoms with E-state index in [2.05, 4.69) is 52.6 Å². The number of amides is 1. The number of likely N-dealkylation sites (N-methyl/N-ethyl adjacent to an activating group) is 1. The molecule has 1 aromatic carbocycles. The highest BCUT2D eigenvalue weighted by Gasteiger charge is 2.31. The summed E-state index contributed by atoms with van der Waals surface area (Å²) in [5, 5.41) is 2.56. The molecule has 0 spiro atoms. The summed E-state index contributed by atoms with van der Waals surface area (Å²) in [4.78, 5) is 32.7. The Morgan fingerprint density at radius 2 is 1.78 bits per heavy atom. The molecule has 2 fully saturated rings. The lowest BCUT2D eigenvalue weighted by Crippen LogP contribution is -2.44. The maximum Gasteiger partial charge on any atom is 0.417 e. The van der Waals surface area contributed by atoms with Crippen molar-refractivity contribution in [3.8, 4) is 0 Å². The molecule has 5 heterocycles. The average Bonchev–Trinajstić information content (AvgIpc) is 3.60. The van der Waals surface area contributed by atoms with Crippen molar-refractivity contribution in [2.75, 3.05) is 61.4 Å². The molecule has 12 heteroatoms. The van der Waals surface area contributed by atoms with E-state index < -0.39 is 17.6 Å². The Morgan fingerprint density at radius 1 is 0.976 bits per heavy atom. The number of aryl methyl sites for hydroxylation is 1. The van der Waals surface area contributed by atoms with E-state index in [9.17, 15) is 18.0 Å². The summed E-state index contributed by atoms with van der Waals surface area (Å²) in [6, 6.07) is 6.32. The molecule has 4 aromatic rings. The Morgan fingerprint density at radius 3 is 2.56 bits per heavy atom. The number of fused-ring (bicyclic) bond motifs is 1. The van der Waals surface area contributed by atoms with Crippen LogP contribution >= 0.6 is 0 Å². The summed E-state index contributed by atoms with van der Waals surface area (Å²) >= 11 is 0. The van der Waals surface area contributed by atoms with Crippen LogP contribution < -0.4 is 15.1 Å². The first-order chi connectivity index (χ1) is 19.7. The monoisotopic (exact) mass is 564 g/mol. The van der Waals surface area contributed by atoms with E-state index >= 15 is 0 Å². The lowest BCUT2D eigenvalue weighted by Gasteiger charge is -2.33. The van der Waals surface area contributed by atoms with Gasteiger partial charge in [0.15, 0.2) is 5.65 Å². The largest absolute Gasteiger partial charge is 0.417 e. The van der Waals surface area contributed by atoms with Gasteiger partial charge in [0.05, 0.1) is 36.0 Å². The van der Waals surface area contributed by atoms with Crippen LogP contribution in [0.2, 0.25) is 0 Å². The fourth-order valence-electron chi connectivity index (χ4n) is 5.61. The number of halogens is 3. The van der Waals surface area contributed by atoms with Crippen molar-refractivity contribution in [2.45, 2.75) is 25.4 Å². The maximum absolute atomic E-state index is 13.1. The predicted octanol–water partition coefficient (Wildman–Crippen LogP) is 4.45. The molecular formula is C29H31F3N8O. The summed E-state index contributed by atoms with van der Waals surface area (Å²) in [5.41, 5.74) is 2.38. The third-order valence-electron chi connectivity index (χ3n) is 8.01. The minimum atomic E-state index is -4.54. The van der Waals surface area contributed by atoms with Gasteiger partial charge in [0, 0.05) is 56.9 Å². The first-order valence-corrected chi connectivity index (χ1v) is 13.6. The van der Waals surface area contributed by atoms with Crippen molar-refractivity contribution < 1.29 is 18.0 Å². The van der Waals surface area contributed by atoms with Gasteiger partial charge in [-0.3, -0.25) is 14.2 Å². The Hall–Kier alpha value is -4.19. The van der Waals surface area contributed by atoms with Gasteiger partial charge in [-0.1, -0.05) is 6.07 Å². The quantitative estimate of drug-likeness (QED) is 0.384. The minimum Gasteiger partial charge on any atom is -0.356 e. The predicted molar refractivity (Wildman–Crippen MR) is 151 cm³/mol. The maximum atomic E-state index is 13.1. The van der Waals surface area contributed by atoms with Gasteiger partial charge >= 0.3 is 6.18 Å². The van der Waals surface area contributed by atoms with Gasteiger partial charge in [-0.15, -0.1) is 0 Å². The fraction of sp³-hybridized carbons (Fsp3) is 0.379. The second-order valence-corrected chi connectivity index (χ2v) is 10.8. The lowest BCUT2D eigenvalue weighted by atomic mass is 9.92. The van der Waals surface area contributed by atoms with Gasteiger partial charge in [-0.05, 0) is 49.7 Å². The Labute approximate surface area is 235 Å². The van der Waals surface area contributed by atoms with Crippen molar-refractivity contribution in [1.82, 2.24) is 24.3 Å². The molecule has 1 atom stereocenters. The highest BCUT2D eigenvalue weighted by Crippen LogP contribution is 2.34. The van der Waals surface area contributed by atoms with Crippen LogP contribution in [0.3, 0.4) is 0 Å². The van der Waals surface area contributed by atoms with Crippen molar-refractivity contribution in [3.63, 3.8) is 0 Å². The summed E-state index contributed by atoms with van der Waals surface area (Å²) in [6.07, 6.45) is 4.06. The van der Waals surface area contributed by atoms with Gasteiger partial charge < -0.3 is 20.0 Å². The smallest absolute Gasteiger partial charge is 0.356 e. The summed E-state index contributed by atoms with van der Waals surface area (Å²) in [6.45, 7) is 7.45. The molecule has 2 aliphatic rings. The van der Waals surface area contributed by atoms with E-state index in [1.54, 1.807) is 6.07 Å². The SMILES string of the molecule is Cc1ccc(C(=O)Nc2cncc(C(F)(F)F)c2)cc1C1CCN(c2cnc3cnc(N4CCN(C)CC4)cn23)C1. The van der Waals surface area contributed by atoms with Gasteiger partial charge in [0.1, 0.15) is 11.6 Å². The van der Waals surface area contributed by atoms with Crippen LogP contribution in [0.1, 0.15) is 39.4 Å². The number of anilines is 3. The van der Waals surface area contributed by atoms with Crippen LogP contribution in [0, 0.1) is 6.92 Å². The number of benzene rings is 1. The molecule has 2 aliphatic heterocycles. The van der Waals surface area contributed by atoms with Gasteiger partial charge in [0.2, 0.25) is 0 Å². The number of aromatic nitrogens is 4. The number of pyridine rings is 1. The zero-order valence-electron chi connectivity index (χ0n) is 22.9. The number of nitrogens with one attached hydrogen (secondary N) is 1. The normalized spacial score (nSPS) is 18.3. The van der Waals surface area contributed by atoms with E-state index in [1.807, 2.05) is 31.5 Å². The standard InChI is InChI=1S/C29H31F3N8O/c1-19-3-4-20(28(41)36-23-12-22(13-33-14-23)29(30,31)32)11-24(19)21-5-6-39(17-21)27-16-35-25-15-34-26(18-40(25)27)38-9-7-37(2)8-10-38/h3-4,11-16,18,21H,5-10,17H2,1-2H3,(H,36,41). The van der Waals surface area contributed by atoms with E-state index in [0.717, 1.165) is 86.4 Å². The summed E-state index contributed by atoms with van der Waals surface area (Å²) < 4.78 is 41.3. The first kappa shape index (κ1) is 27.0. The second kappa shape index (κ2) is 10.7. The molecule has 214 valence electrons. The van der Waals surface area contributed by atoms with Gasteiger partial charge in [-0.25, -0.2) is 9.97 Å². The number of carbonyl (C=O) groups excluding carboxylic acids is 1. The molecule has 0 aliphatic carbocycles. The summed E-state index contributed by atoms with van der Waals surface area (Å²) in [5.74, 6) is 1.64. The number of carbonyl (C=O) groups is 1. The molecule has 0 bridgehead atoms.